The standard InChI is InChI=1S/C13H21NO.HI/c1-10(2)14-13(3,4)12(15)11-8-6-5-7-9-11;/h5-10,12,14-15H,1-4H3;1H. The number of hydrogen-bond acceptors (Lipinski definition) is 1. The molecule has 0 fully saturated rings. The minimum atomic E-state index is -0.430. The molecule has 0 bridgehead atoms. The first-order valence-electron chi connectivity index (χ1n) is 5.52. The van der Waals surface area contributed by atoms with Crippen LogP contribution in [0.2, 0.25) is 0 Å². The first kappa shape index (κ1) is 15.9. The van der Waals surface area contributed by atoms with E-state index in [0.29, 0.717) is 6.04 Å². The highest BCUT2D eigenvalue weighted by molar-refractivity contribution is 5.19. The Balaban J connectivity index is 0.00000225. The quantitative estimate of drug-likeness (QED) is 0.644. The fraction of sp³-hybridized carbons (Fsp3) is 0.538. The van der Waals surface area contributed by atoms with Crippen LogP contribution >= 0.6 is 0 Å². The molecule has 0 heterocycles. The van der Waals surface area contributed by atoms with Crippen LogP contribution < -0.4 is 29.3 Å². The minimum absolute atomic E-state index is 0. The lowest BCUT2D eigenvalue weighted by molar-refractivity contribution is -0.753. The molecule has 0 spiro atoms. The molecule has 92 valence electrons. The molecule has 0 amide bonds. The average Bonchev–Trinajstić information content (AvgIpc) is 2.16. The first-order chi connectivity index (χ1) is 6.93. The van der Waals surface area contributed by atoms with Crippen LogP contribution in [0.4, 0.5) is 0 Å². The zero-order valence-corrected chi connectivity index (χ0v) is 12.6. The number of aliphatic hydroxyl groups excluding tert-OH is 1. The molecular formula is C13H22INO. The number of benzene rings is 1. The van der Waals surface area contributed by atoms with E-state index in [9.17, 15) is 5.11 Å². The molecule has 0 aromatic heterocycles. The predicted molar refractivity (Wildman–Crippen MR) is 62.5 cm³/mol. The summed E-state index contributed by atoms with van der Waals surface area (Å²) in [6.07, 6.45) is -0.430. The number of halogens is 1. The Labute approximate surface area is 115 Å². The summed E-state index contributed by atoms with van der Waals surface area (Å²) in [5.74, 6) is 0. The number of aliphatic hydroxyl groups is 1. The second-order valence-electron chi connectivity index (χ2n) is 5.05. The van der Waals surface area contributed by atoms with Crippen LogP contribution in [0.1, 0.15) is 39.4 Å². The van der Waals surface area contributed by atoms with Gasteiger partial charge in [-0.25, -0.2) is 0 Å². The Bertz CT molecular complexity index is 298. The number of quaternary nitrogens is 1. The summed E-state index contributed by atoms with van der Waals surface area (Å²) in [6.45, 7) is 8.42. The van der Waals surface area contributed by atoms with E-state index in [4.69, 9.17) is 0 Å². The SMILES string of the molecule is CC(C)[NH2+]C(C)(C)C(O)c1ccccc1.[I-]. The van der Waals surface area contributed by atoms with Gasteiger partial charge in [0.1, 0.15) is 11.6 Å². The molecule has 16 heavy (non-hydrogen) atoms. The molecule has 0 saturated heterocycles. The lowest BCUT2D eigenvalue weighted by atomic mass is 9.90. The zero-order valence-electron chi connectivity index (χ0n) is 10.4. The first-order valence-corrected chi connectivity index (χ1v) is 5.52. The highest BCUT2D eigenvalue weighted by atomic mass is 127. The van der Waals surface area contributed by atoms with Gasteiger partial charge in [-0.05, 0) is 33.3 Å². The Morgan fingerprint density at radius 3 is 2.06 bits per heavy atom. The third-order valence-electron chi connectivity index (χ3n) is 2.58. The molecule has 3 N–H and O–H groups in total. The van der Waals surface area contributed by atoms with E-state index < -0.39 is 6.10 Å². The largest absolute Gasteiger partial charge is 1.00 e. The molecule has 0 aliphatic carbocycles. The number of nitrogens with two attached hydrogens (primary N) is 1. The maximum absolute atomic E-state index is 10.3. The molecule has 0 radical (unpaired) electrons. The highest BCUT2D eigenvalue weighted by Crippen LogP contribution is 2.21. The van der Waals surface area contributed by atoms with Gasteiger partial charge in [0.05, 0.1) is 6.04 Å². The zero-order chi connectivity index (χ0) is 11.5. The Kier molecular flexibility index (Phi) is 6.51. The molecule has 1 aromatic carbocycles. The van der Waals surface area contributed by atoms with Crippen LogP contribution in [0, 0.1) is 0 Å². The maximum Gasteiger partial charge on any atom is 0.133 e. The average molecular weight is 335 g/mol. The van der Waals surface area contributed by atoms with Crippen LogP contribution in [0.15, 0.2) is 30.3 Å². The van der Waals surface area contributed by atoms with Gasteiger partial charge in [0.25, 0.3) is 0 Å². The van der Waals surface area contributed by atoms with Crippen molar-refractivity contribution in [2.75, 3.05) is 0 Å². The Morgan fingerprint density at radius 1 is 1.12 bits per heavy atom. The molecule has 1 rings (SSSR count). The van der Waals surface area contributed by atoms with Gasteiger partial charge in [0.15, 0.2) is 0 Å². The van der Waals surface area contributed by atoms with E-state index in [1.165, 1.54) is 0 Å². The highest BCUT2D eigenvalue weighted by Gasteiger charge is 2.33. The number of hydrogen-bond donors (Lipinski definition) is 2. The van der Waals surface area contributed by atoms with Crippen molar-refractivity contribution >= 4 is 0 Å². The van der Waals surface area contributed by atoms with Crippen molar-refractivity contribution in [1.29, 1.82) is 0 Å². The second-order valence-corrected chi connectivity index (χ2v) is 5.05. The fourth-order valence-electron chi connectivity index (χ4n) is 2.02. The molecule has 0 saturated carbocycles. The van der Waals surface area contributed by atoms with Crippen molar-refractivity contribution in [3.63, 3.8) is 0 Å². The summed E-state index contributed by atoms with van der Waals surface area (Å²) in [6, 6.07) is 10.3. The van der Waals surface area contributed by atoms with Crippen molar-refractivity contribution < 1.29 is 34.4 Å². The Morgan fingerprint density at radius 2 is 1.62 bits per heavy atom. The van der Waals surface area contributed by atoms with Gasteiger partial charge >= 0.3 is 0 Å². The van der Waals surface area contributed by atoms with Crippen molar-refractivity contribution in [2.24, 2.45) is 0 Å². The van der Waals surface area contributed by atoms with Crippen molar-refractivity contribution in [1.82, 2.24) is 0 Å². The van der Waals surface area contributed by atoms with Gasteiger partial charge in [-0.15, -0.1) is 0 Å². The minimum Gasteiger partial charge on any atom is -1.00 e. The van der Waals surface area contributed by atoms with E-state index in [1.54, 1.807) is 0 Å². The summed E-state index contributed by atoms with van der Waals surface area (Å²) >= 11 is 0. The summed E-state index contributed by atoms with van der Waals surface area (Å²) in [7, 11) is 0. The van der Waals surface area contributed by atoms with Gasteiger partial charge < -0.3 is 34.4 Å². The summed E-state index contributed by atoms with van der Waals surface area (Å²) in [4.78, 5) is 0. The van der Waals surface area contributed by atoms with Crippen LogP contribution in [0.25, 0.3) is 0 Å². The van der Waals surface area contributed by atoms with Gasteiger partial charge in [-0.3, -0.25) is 0 Å². The second kappa shape index (κ2) is 6.57. The summed E-state index contributed by atoms with van der Waals surface area (Å²) in [5, 5.41) is 12.5. The summed E-state index contributed by atoms with van der Waals surface area (Å²) in [5.41, 5.74) is 0.801. The summed E-state index contributed by atoms with van der Waals surface area (Å²) < 4.78 is 0. The molecule has 1 unspecified atom stereocenters. The molecule has 0 aliphatic heterocycles. The molecule has 0 aliphatic rings. The van der Waals surface area contributed by atoms with E-state index in [0.717, 1.165) is 5.56 Å². The molecular weight excluding hydrogens is 313 g/mol. The van der Waals surface area contributed by atoms with Crippen LogP contribution in [0.5, 0.6) is 0 Å². The van der Waals surface area contributed by atoms with Crippen LogP contribution in [0.3, 0.4) is 0 Å². The number of rotatable bonds is 4. The third-order valence-corrected chi connectivity index (χ3v) is 2.58. The van der Waals surface area contributed by atoms with Crippen molar-refractivity contribution in [2.45, 2.75) is 45.4 Å². The monoisotopic (exact) mass is 335 g/mol. The fourth-order valence-corrected chi connectivity index (χ4v) is 2.02. The molecule has 2 nitrogen and oxygen atoms in total. The van der Waals surface area contributed by atoms with E-state index >= 15 is 0 Å². The van der Waals surface area contributed by atoms with Gasteiger partial charge in [-0.2, -0.15) is 0 Å². The Hall–Kier alpha value is -0.130. The van der Waals surface area contributed by atoms with Crippen LogP contribution in [-0.4, -0.2) is 16.7 Å². The van der Waals surface area contributed by atoms with Crippen molar-refractivity contribution in [3.05, 3.63) is 35.9 Å². The maximum atomic E-state index is 10.3. The van der Waals surface area contributed by atoms with Gasteiger partial charge in [0.2, 0.25) is 0 Å². The van der Waals surface area contributed by atoms with Gasteiger partial charge in [0, 0.05) is 0 Å². The lowest BCUT2D eigenvalue weighted by Gasteiger charge is -2.30. The van der Waals surface area contributed by atoms with Gasteiger partial charge in [-0.1, -0.05) is 30.3 Å². The van der Waals surface area contributed by atoms with E-state index in [1.807, 2.05) is 30.3 Å². The predicted octanol–water partition coefficient (Wildman–Crippen LogP) is -1.53. The smallest absolute Gasteiger partial charge is 0.133 e. The van der Waals surface area contributed by atoms with E-state index in [2.05, 4.69) is 33.0 Å². The molecule has 1 aromatic rings. The van der Waals surface area contributed by atoms with E-state index in [-0.39, 0.29) is 29.5 Å². The lowest BCUT2D eigenvalue weighted by Crippen LogP contribution is -3.00. The normalized spacial score (nSPS) is 13.4. The molecule has 3 heteroatoms. The topological polar surface area (TPSA) is 36.8 Å². The van der Waals surface area contributed by atoms with Crippen LogP contribution in [-0.2, 0) is 0 Å². The third kappa shape index (κ3) is 4.39. The van der Waals surface area contributed by atoms with Crippen molar-refractivity contribution in [3.8, 4) is 0 Å². The molecule has 1 atom stereocenters.